The summed E-state index contributed by atoms with van der Waals surface area (Å²) in [5.41, 5.74) is 5.63. The van der Waals surface area contributed by atoms with Crippen LogP contribution in [0.25, 0.3) is 0 Å². The highest BCUT2D eigenvalue weighted by Gasteiger charge is 2.16. The van der Waals surface area contributed by atoms with Crippen molar-refractivity contribution >= 4 is 24.2 Å². The normalized spacial score (nSPS) is 15.9. The smallest absolute Gasteiger partial charge is 0.239 e. The molecule has 0 heterocycles. The molecule has 0 aromatic rings. The van der Waals surface area contributed by atoms with E-state index in [1.807, 2.05) is 0 Å². The summed E-state index contributed by atoms with van der Waals surface area (Å²) < 4.78 is 0. The summed E-state index contributed by atoms with van der Waals surface area (Å²) in [6, 6.07) is 0.0211. The van der Waals surface area contributed by atoms with Gasteiger partial charge >= 0.3 is 0 Å². The fraction of sp³-hybridized carbons (Fsp3) is 0.875. The van der Waals surface area contributed by atoms with Gasteiger partial charge in [-0.1, -0.05) is 45.4 Å². The highest BCUT2D eigenvalue weighted by Crippen LogP contribution is 2.28. The molecule has 130 valence electrons. The second-order valence-electron chi connectivity index (χ2n) is 6.11. The Hall–Kier alpha value is -0.810. The molecule has 0 radical (unpaired) electrons. The summed E-state index contributed by atoms with van der Waals surface area (Å²) in [4.78, 5) is 23.5. The van der Waals surface area contributed by atoms with E-state index in [9.17, 15) is 9.59 Å². The Morgan fingerprint density at radius 3 is 2.50 bits per heavy atom. The summed E-state index contributed by atoms with van der Waals surface area (Å²) in [5.74, 6) is 0.547. The Bertz CT molecular complexity index is 321. The number of amides is 2. The summed E-state index contributed by atoms with van der Waals surface area (Å²) >= 11 is 0. The molecule has 0 aromatic heterocycles. The third-order valence-corrected chi connectivity index (χ3v) is 4.26. The van der Waals surface area contributed by atoms with Crippen LogP contribution in [-0.2, 0) is 9.59 Å². The second kappa shape index (κ2) is 12.7. The minimum absolute atomic E-state index is 0. The van der Waals surface area contributed by atoms with Crippen LogP contribution < -0.4 is 16.4 Å². The molecule has 1 fully saturated rings. The van der Waals surface area contributed by atoms with Crippen molar-refractivity contribution in [2.75, 3.05) is 13.1 Å². The van der Waals surface area contributed by atoms with Gasteiger partial charge in [0.15, 0.2) is 0 Å². The first-order valence-corrected chi connectivity index (χ1v) is 8.41. The molecule has 1 atom stereocenters. The van der Waals surface area contributed by atoms with E-state index in [0.717, 1.165) is 25.7 Å². The molecule has 6 heteroatoms. The van der Waals surface area contributed by atoms with Gasteiger partial charge in [0.1, 0.15) is 0 Å². The predicted octanol–water partition coefficient (Wildman–Crippen LogP) is 2.13. The number of halogens is 1. The highest BCUT2D eigenvalue weighted by molar-refractivity contribution is 5.85. The Balaban J connectivity index is 0.00000441. The van der Waals surface area contributed by atoms with Crippen molar-refractivity contribution < 1.29 is 9.59 Å². The van der Waals surface area contributed by atoms with Gasteiger partial charge in [-0.3, -0.25) is 9.59 Å². The van der Waals surface area contributed by atoms with Crippen molar-refractivity contribution in [3.63, 3.8) is 0 Å². The number of nitrogens with two attached hydrogens (primary N) is 1. The van der Waals surface area contributed by atoms with E-state index < -0.39 is 0 Å². The zero-order chi connectivity index (χ0) is 15.5. The van der Waals surface area contributed by atoms with Crippen molar-refractivity contribution in [3.8, 4) is 0 Å². The van der Waals surface area contributed by atoms with Crippen molar-refractivity contribution in [2.24, 2.45) is 11.7 Å². The number of carbonyl (C=O) groups is 2. The van der Waals surface area contributed by atoms with Gasteiger partial charge in [-0.2, -0.15) is 0 Å². The van der Waals surface area contributed by atoms with Crippen LogP contribution in [0.5, 0.6) is 0 Å². The lowest BCUT2D eigenvalue weighted by molar-refractivity contribution is -0.126. The van der Waals surface area contributed by atoms with Gasteiger partial charge in [0, 0.05) is 19.0 Å². The van der Waals surface area contributed by atoms with Gasteiger partial charge in [0.25, 0.3) is 0 Å². The topological polar surface area (TPSA) is 84.2 Å². The minimum Gasteiger partial charge on any atom is -0.351 e. The molecular weight excluding hydrogens is 302 g/mol. The van der Waals surface area contributed by atoms with Crippen LogP contribution in [0.2, 0.25) is 0 Å². The van der Waals surface area contributed by atoms with Crippen molar-refractivity contribution in [2.45, 2.75) is 70.8 Å². The maximum atomic E-state index is 11.8. The molecule has 1 unspecified atom stereocenters. The zero-order valence-electron chi connectivity index (χ0n) is 13.7. The second-order valence-corrected chi connectivity index (χ2v) is 6.11. The monoisotopic (exact) mass is 333 g/mol. The molecule has 4 N–H and O–H groups in total. The predicted molar refractivity (Wildman–Crippen MR) is 92.0 cm³/mol. The van der Waals surface area contributed by atoms with E-state index in [1.54, 1.807) is 0 Å². The van der Waals surface area contributed by atoms with Gasteiger partial charge in [-0.15, -0.1) is 12.4 Å². The molecule has 0 bridgehead atoms. The number of carbonyl (C=O) groups excluding carboxylic acids is 2. The third kappa shape index (κ3) is 9.26. The van der Waals surface area contributed by atoms with E-state index in [2.05, 4.69) is 17.6 Å². The first-order chi connectivity index (χ1) is 10.2. The fourth-order valence-electron chi connectivity index (χ4n) is 2.88. The minimum atomic E-state index is -0.143. The molecule has 22 heavy (non-hydrogen) atoms. The standard InChI is InChI=1S/C16H31N3O2.ClH/c1-2-3-8-14(11-17)19-16(21)12-18-15(20)10-9-13-6-4-5-7-13;/h13-14H,2-12,17H2,1H3,(H,18,20)(H,19,21);1H. The average Bonchev–Trinajstić information content (AvgIpc) is 3.00. The largest absolute Gasteiger partial charge is 0.351 e. The summed E-state index contributed by atoms with van der Waals surface area (Å²) in [7, 11) is 0. The first kappa shape index (κ1) is 21.2. The lowest BCUT2D eigenvalue weighted by Gasteiger charge is -2.16. The highest BCUT2D eigenvalue weighted by atomic mass is 35.5. The molecule has 1 rings (SSSR count). The SMILES string of the molecule is CCCCC(CN)NC(=O)CNC(=O)CCC1CCCC1.Cl. The van der Waals surface area contributed by atoms with Crippen LogP contribution in [0.4, 0.5) is 0 Å². The maximum Gasteiger partial charge on any atom is 0.239 e. The molecule has 0 spiro atoms. The van der Waals surface area contributed by atoms with E-state index in [4.69, 9.17) is 5.73 Å². The van der Waals surface area contributed by atoms with Crippen LogP contribution >= 0.6 is 12.4 Å². The Kier molecular flexibility index (Phi) is 12.2. The van der Waals surface area contributed by atoms with E-state index in [-0.39, 0.29) is 36.8 Å². The van der Waals surface area contributed by atoms with E-state index in [0.29, 0.717) is 18.9 Å². The van der Waals surface area contributed by atoms with Crippen LogP contribution in [-0.4, -0.2) is 30.9 Å². The van der Waals surface area contributed by atoms with Crippen molar-refractivity contribution in [3.05, 3.63) is 0 Å². The van der Waals surface area contributed by atoms with Gasteiger partial charge in [-0.25, -0.2) is 0 Å². The zero-order valence-corrected chi connectivity index (χ0v) is 14.6. The lowest BCUT2D eigenvalue weighted by atomic mass is 10.0. The van der Waals surface area contributed by atoms with Gasteiger partial charge in [-0.05, 0) is 18.8 Å². The number of hydrogen-bond acceptors (Lipinski definition) is 3. The third-order valence-electron chi connectivity index (χ3n) is 4.26. The fourth-order valence-corrected chi connectivity index (χ4v) is 2.88. The first-order valence-electron chi connectivity index (χ1n) is 8.41. The molecule has 1 saturated carbocycles. The van der Waals surface area contributed by atoms with Gasteiger partial charge < -0.3 is 16.4 Å². The number of hydrogen-bond donors (Lipinski definition) is 3. The molecule has 5 nitrogen and oxygen atoms in total. The summed E-state index contributed by atoms with van der Waals surface area (Å²) in [5, 5.41) is 5.58. The number of nitrogens with one attached hydrogen (secondary N) is 2. The summed E-state index contributed by atoms with van der Waals surface area (Å²) in [6.45, 7) is 2.62. The average molecular weight is 334 g/mol. The van der Waals surface area contributed by atoms with Crippen molar-refractivity contribution in [1.29, 1.82) is 0 Å². The Labute approximate surface area is 140 Å². The van der Waals surface area contributed by atoms with Crippen LogP contribution in [0.15, 0.2) is 0 Å². The Morgan fingerprint density at radius 1 is 1.23 bits per heavy atom. The van der Waals surface area contributed by atoms with Crippen LogP contribution in [0.3, 0.4) is 0 Å². The summed E-state index contributed by atoms with van der Waals surface area (Å²) in [6.07, 6.45) is 9.63. The van der Waals surface area contributed by atoms with Crippen LogP contribution in [0, 0.1) is 5.92 Å². The van der Waals surface area contributed by atoms with Crippen LogP contribution in [0.1, 0.15) is 64.7 Å². The molecule has 1 aliphatic rings. The van der Waals surface area contributed by atoms with Gasteiger partial charge in [0.2, 0.25) is 11.8 Å². The number of rotatable bonds is 10. The van der Waals surface area contributed by atoms with E-state index >= 15 is 0 Å². The number of unbranched alkanes of at least 4 members (excludes halogenated alkanes) is 1. The molecule has 0 aliphatic heterocycles. The molecular formula is C16H32ClN3O2. The lowest BCUT2D eigenvalue weighted by Crippen LogP contribution is -2.45. The molecule has 1 aliphatic carbocycles. The van der Waals surface area contributed by atoms with E-state index in [1.165, 1.54) is 25.7 Å². The quantitative estimate of drug-likeness (QED) is 0.572. The molecule has 2 amide bonds. The Morgan fingerprint density at radius 2 is 1.91 bits per heavy atom. The van der Waals surface area contributed by atoms with Crippen molar-refractivity contribution in [1.82, 2.24) is 10.6 Å². The molecule has 0 saturated heterocycles. The maximum absolute atomic E-state index is 11.8. The molecule has 0 aromatic carbocycles. The van der Waals surface area contributed by atoms with Gasteiger partial charge in [0.05, 0.1) is 6.54 Å².